The molecule has 3 aromatic heterocycles. The summed E-state index contributed by atoms with van der Waals surface area (Å²) in [7, 11) is 0. The molecular formula is C28H27F2N7O2S. The number of aliphatic hydroxyl groups excluding tert-OH is 2. The van der Waals surface area contributed by atoms with Crippen LogP contribution in [0.5, 0.6) is 0 Å². The Hall–Kier alpha value is -3.79. The number of nitrogens with one attached hydrogen (secondary N) is 2. The molecule has 4 N–H and O–H groups in total. The van der Waals surface area contributed by atoms with E-state index < -0.39 is 29.9 Å². The van der Waals surface area contributed by atoms with Gasteiger partial charge in [-0.1, -0.05) is 6.07 Å². The first kappa shape index (κ1) is 26.4. The molecule has 9 nitrogen and oxygen atoms in total. The minimum Gasteiger partial charge on any atom is -0.390 e. The van der Waals surface area contributed by atoms with Crippen LogP contribution in [-0.2, 0) is 6.54 Å². The van der Waals surface area contributed by atoms with Gasteiger partial charge in [0.1, 0.15) is 34.1 Å². The van der Waals surface area contributed by atoms with Gasteiger partial charge in [-0.2, -0.15) is 10.2 Å². The average Bonchev–Trinajstić information content (AvgIpc) is 3.63. The summed E-state index contributed by atoms with van der Waals surface area (Å²) in [6.45, 7) is 1.62. The van der Waals surface area contributed by atoms with Crippen molar-refractivity contribution in [1.82, 2.24) is 19.9 Å². The number of thiazole rings is 1. The fourth-order valence-corrected chi connectivity index (χ4v) is 6.35. The number of aromatic nitrogens is 4. The number of nitriles is 1. The summed E-state index contributed by atoms with van der Waals surface area (Å²) in [6, 6.07) is 7.07. The number of aliphatic hydroxyl groups is 2. The highest BCUT2D eigenvalue weighted by atomic mass is 32.1. The van der Waals surface area contributed by atoms with E-state index in [-0.39, 0.29) is 30.4 Å². The lowest BCUT2D eigenvalue weighted by molar-refractivity contribution is 0.0183. The van der Waals surface area contributed by atoms with E-state index in [0.717, 1.165) is 28.8 Å². The molecule has 40 heavy (non-hydrogen) atoms. The molecule has 3 heterocycles. The van der Waals surface area contributed by atoms with Gasteiger partial charge in [-0.05, 0) is 44.4 Å². The van der Waals surface area contributed by atoms with Gasteiger partial charge in [-0.15, -0.1) is 11.3 Å². The first-order valence-corrected chi connectivity index (χ1v) is 14.0. The Kier molecular flexibility index (Phi) is 7.04. The molecule has 0 spiro atoms. The molecule has 1 aromatic carbocycles. The van der Waals surface area contributed by atoms with Crippen molar-refractivity contribution in [3.8, 4) is 16.6 Å². The van der Waals surface area contributed by atoms with E-state index in [1.54, 1.807) is 13.1 Å². The molecule has 0 amide bonds. The van der Waals surface area contributed by atoms with Gasteiger partial charge in [0.15, 0.2) is 0 Å². The summed E-state index contributed by atoms with van der Waals surface area (Å²) in [5, 5.41) is 37.2. The van der Waals surface area contributed by atoms with Crippen molar-refractivity contribution in [3.63, 3.8) is 0 Å². The van der Waals surface area contributed by atoms with Crippen molar-refractivity contribution >= 4 is 33.3 Å². The molecule has 4 unspecified atom stereocenters. The average molecular weight is 564 g/mol. The quantitative estimate of drug-likeness (QED) is 0.241. The summed E-state index contributed by atoms with van der Waals surface area (Å²) in [4.78, 5) is 18.7. The molecule has 0 radical (unpaired) electrons. The Balaban J connectivity index is 1.39. The van der Waals surface area contributed by atoms with Crippen LogP contribution in [0.3, 0.4) is 0 Å². The molecule has 6 rings (SSSR count). The number of rotatable bonds is 8. The van der Waals surface area contributed by atoms with Gasteiger partial charge in [0, 0.05) is 36.6 Å². The van der Waals surface area contributed by atoms with Crippen LogP contribution in [-0.4, -0.2) is 48.4 Å². The van der Waals surface area contributed by atoms with E-state index in [0.29, 0.717) is 34.4 Å². The number of halogens is 2. The Labute approximate surface area is 233 Å². The summed E-state index contributed by atoms with van der Waals surface area (Å²) >= 11 is 1.48. The van der Waals surface area contributed by atoms with Gasteiger partial charge in [-0.3, -0.25) is 4.98 Å². The molecule has 2 saturated carbocycles. The standard InChI is InChI=1S/C28H27F2N7O2S/c1-13-21(27-36-23-20(40-27)8-10-32-22(23)14-5-6-14)26(35-19-11-15(7-9-31)24(38)25(19)39)37-28(34-13)33-12-16-17(29)3-2-4-18(16)30/h2-4,8,10,14-15,19,24-25,38-39H,5-7,11-12H2,1H3,(H2,33,34,35,37). The Morgan fingerprint density at radius 3 is 2.60 bits per heavy atom. The minimum absolute atomic E-state index is 0.113. The van der Waals surface area contributed by atoms with E-state index >= 15 is 0 Å². The molecular weight excluding hydrogens is 536 g/mol. The third-order valence-electron chi connectivity index (χ3n) is 7.57. The van der Waals surface area contributed by atoms with Gasteiger partial charge < -0.3 is 20.8 Å². The van der Waals surface area contributed by atoms with Crippen molar-refractivity contribution < 1.29 is 19.0 Å². The molecule has 4 aromatic rings. The summed E-state index contributed by atoms with van der Waals surface area (Å²) in [6.07, 6.45) is 2.26. The monoisotopic (exact) mass is 563 g/mol. The van der Waals surface area contributed by atoms with Gasteiger partial charge >= 0.3 is 0 Å². The van der Waals surface area contributed by atoms with Crippen molar-refractivity contribution in [2.45, 2.75) is 63.3 Å². The zero-order valence-electron chi connectivity index (χ0n) is 21.6. The van der Waals surface area contributed by atoms with Crippen LogP contribution in [0.15, 0.2) is 30.5 Å². The number of pyridine rings is 1. The van der Waals surface area contributed by atoms with E-state index in [4.69, 9.17) is 10.2 Å². The second kappa shape index (κ2) is 10.6. The molecule has 0 bridgehead atoms. The van der Waals surface area contributed by atoms with Crippen LogP contribution in [0, 0.1) is 35.8 Å². The smallest absolute Gasteiger partial charge is 0.225 e. The first-order valence-electron chi connectivity index (χ1n) is 13.1. The van der Waals surface area contributed by atoms with Gasteiger partial charge in [0.05, 0.1) is 39.9 Å². The Morgan fingerprint density at radius 1 is 1.10 bits per heavy atom. The number of benzene rings is 1. The predicted molar refractivity (Wildman–Crippen MR) is 147 cm³/mol. The number of aryl methyl sites for hydroxylation is 1. The maximum atomic E-state index is 14.2. The molecule has 4 atom stereocenters. The fraction of sp³-hybridized carbons (Fsp3) is 0.393. The maximum Gasteiger partial charge on any atom is 0.225 e. The second-order valence-electron chi connectivity index (χ2n) is 10.3. The zero-order chi connectivity index (χ0) is 28.0. The van der Waals surface area contributed by atoms with E-state index in [1.165, 1.54) is 29.5 Å². The van der Waals surface area contributed by atoms with Crippen LogP contribution in [0.2, 0.25) is 0 Å². The molecule has 2 aliphatic rings. The van der Waals surface area contributed by atoms with Crippen LogP contribution >= 0.6 is 11.3 Å². The predicted octanol–water partition coefficient (Wildman–Crippen LogP) is 4.66. The van der Waals surface area contributed by atoms with Crippen molar-refractivity contribution in [3.05, 3.63) is 59.0 Å². The topological polar surface area (TPSA) is 140 Å². The fourth-order valence-electron chi connectivity index (χ4n) is 5.28. The number of nitrogens with zero attached hydrogens (tertiary/aromatic N) is 5. The van der Waals surface area contributed by atoms with Crippen LogP contribution in [0.4, 0.5) is 20.5 Å². The van der Waals surface area contributed by atoms with Gasteiger partial charge in [0.2, 0.25) is 5.95 Å². The lowest BCUT2D eigenvalue weighted by atomic mass is 10.0. The van der Waals surface area contributed by atoms with Crippen LogP contribution in [0.1, 0.15) is 48.6 Å². The van der Waals surface area contributed by atoms with E-state index in [1.807, 2.05) is 6.07 Å². The first-order chi connectivity index (χ1) is 19.3. The lowest BCUT2D eigenvalue weighted by Crippen LogP contribution is -2.35. The Morgan fingerprint density at radius 2 is 1.88 bits per heavy atom. The highest BCUT2D eigenvalue weighted by Gasteiger charge is 2.42. The molecule has 206 valence electrons. The summed E-state index contributed by atoms with van der Waals surface area (Å²) < 4.78 is 29.4. The highest BCUT2D eigenvalue weighted by molar-refractivity contribution is 7.21. The molecule has 0 saturated heterocycles. The van der Waals surface area contributed by atoms with Gasteiger partial charge in [0.25, 0.3) is 0 Å². The van der Waals surface area contributed by atoms with Gasteiger partial charge in [-0.25, -0.2) is 18.7 Å². The van der Waals surface area contributed by atoms with Crippen LogP contribution in [0.25, 0.3) is 20.8 Å². The third kappa shape index (κ3) is 4.96. The Bertz CT molecular complexity index is 1600. The van der Waals surface area contributed by atoms with E-state index in [2.05, 4.69) is 31.7 Å². The molecule has 0 aliphatic heterocycles. The summed E-state index contributed by atoms with van der Waals surface area (Å²) in [5.74, 6) is -0.848. The third-order valence-corrected chi connectivity index (χ3v) is 8.60. The zero-order valence-corrected chi connectivity index (χ0v) is 22.4. The van der Waals surface area contributed by atoms with Crippen LogP contribution < -0.4 is 10.6 Å². The minimum atomic E-state index is -1.12. The molecule has 2 fully saturated rings. The normalized spacial score (nSPS) is 22.4. The van der Waals surface area contributed by atoms with Crippen molar-refractivity contribution in [2.24, 2.45) is 5.92 Å². The van der Waals surface area contributed by atoms with E-state index in [9.17, 15) is 19.0 Å². The molecule has 2 aliphatic carbocycles. The maximum absolute atomic E-state index is 14.2. The van der Waals surface area contributed by atoms with Crippen molar-refractivity contribution in [1.29, 1.82) is 5.26 Å². The number of fused-ring (bicyclic) bond motifs is 1. The SMILES string of the molecule is Cc1nc(NCc2c(F)cccc2F)nc(NC2CC(CC#N)C(O)C2O)c1-c1nc2c(C3CC3)nccc2s1. The largest absolute Gasteiger partial charge is 0.390 e. The summed E-state index contributed by atoms with van der Waals surface area (Å²) in [5.41, 5.74) is 2.87. The number of hydrogen-bond donors (Lipinski definition) is 4. The molecule has 12 heteroatoms. The lowest BCUT2D eigenvalue weighted by Gasteiger charge is -2.21. The van der Waals surface area contributed by atoms with Crippen molar-refractivity contribution in [2.75, 3.05) is 10.6 Å². The number of hydrogen-bond acceptors (Lipinski definition) is 10. The highest BCUT2D eigenvalue weighted by Crippen LogP contribution is 2.44. The number of anilines is 2. The second-order valence-corrected chi connectivity index (χ2v) is 11.4.